The highest BCUT2D eigenvalue weighted by Crippen LogP contribution is 2.34. The Balaban J connectivity index is 2.08. The van der Waals surface area contributed by atoms with Gasteiger partial charge in [-0.25, -0.2) is 4.98 Å². The Morgan fingerprint density at radius 1 is 1.47 bits per heavy atom. The average molecular weight is 296 g/mol. The molecule has 1 aliphatic rings. The summed E-state index contributed by atoms with van der Waals surface area (Å²) in [6, 6.07) is 2.23. The molecule has 2 aromatic heterocycles. The number of nitrogens with zero attached hydrogens (tertiary/aromatic N) is 3. The fourth-order valence-electron chi connectivity index (χ4n) is 2.73. The number of hydrogen-bond acceptors (Lipinski definition) is 4. The number of fused-ring (bicyclic) bond motifs is 1. The van der Waals surface area contributed by atoms with Crippen molar-refractivity contribution in [2.45, 2.75) is 33.1 Å². The van der Waals surface area contributed by atoms with E-state index in [0.717, 1.165) is 36.1 Å². The van der Waals surface area contributed by atoms with Gasteiger partial charge in [-0.15, -0.1) is 11.3 Å². The van der Waals surface area contributed by atoms with Crippen LogP contribution >= 0.6 is 22.9 Å². The van der Waals surface area contributed by atoms with Crippen LogP contribution in [0.3, 0.4) is 0 Å². The number of piperidine rings is 1. The van der Waals surface area contributed by atoms with Crippen molar-refractivity contribution in [3.05, 3.63) is 16.2 Å². The molecule has 1 fully saturated rings. The fourth-order valence-corrected chi connectivity index (χ4v) is 3.90. The van der Waals surface area contributed by atoms with Crippen molar-refractivity contribution in [3.8, 4) is 0 Å². The molecule has 1 unspecified atom stereocenters. The first-order valence-electron chi connectivity index (χ1n) is 6.88. The fraction of sp³-hybridized carbons (Fsp3) is 0.571. The monoisotopic (exact) mass is 295 g/mol. The number of rotatable bonds is 2. The van der Waals surface area contributed by atoms with Crippen LogP contribution in [-0.4, -0.2) is 23.1 Å². The van der Waals surface area contributed by atoms with E-state index in [4.69, 9.17) is 11.6 Å². The summed E-state index contributed by atoms with van der Waals surface area (Å²) in [4.78, 5) is 13.6. The Kier molecular flexibility index (Phi) is 3.63. The molecule has 0 radical (unpaired) electrons. The van der Waals surface area contributed by atoms with Crippen LogP contribution in [0, 0.1) is 5.92 Å². The highest BCUT2D eigenvalue weighted by molar-refractivity contribution is 7.18. The molecule has 1 atom stereocenters. The Bertz CT molecular complexity index is 596. The molecule has 5 heteroatoms. The Labute approximate surface area is 122 Å². The van der Waals surface area contributed by atoms with Gasteiger partial charge in [0.2, 0.25) is 5.28 Å². The van der Waals surface area contributed by atoms with E-state index in [9.17, 15) is 0 Å². The topological polar surface area (TPSA) is 29.0 Å². The largest absolute Gasteiger partial charge is 0.356 e. The minimum atomic E-state index is 0.366. The maximum Gasteiger partial charge on any atom is 0.225 e. The molecule has 0 spiro atoms. The van der Waals surface area contributed by atoms with Crippen molar-refractivity contribution in [2.24, 2.45) is 5.92 Å². The van der Waals surface area contributed by atoms with Crippen LogP contribution in [0.4, 0.5) is 5.82 Å². The lowest BCUT2D eigenvalue weighted by atomic mass is 10.0. The zero-order chi connectivity index (χ0) is 13.4. The molecule has 3 heterocycles. The maximum absolute atomic E-state index is 6.09. The normalized spacial score (nSPS) is 20.2. The predicted octanol–water partition coefficient (Wildman–Crippen LogP) is 4.14. The van der Waals surface area contributed by atoms with Gasteiger partial charge in [0, 0.05) is 18.0 Å². The second kappa shape index (κ2) is 5.25. The number of halogens is 1. The molecule has 19 heavy (non-hydrogen) atoms. The average Bonchev–Trinajstić information content (AvgIpc) is 2.80. The lowest BCUT2D eigenvalue weighted by Crippen LogP contribution is -2.35. The molecule has 3 nitrogen and oxygen atoms in total. The van der Waals surface area contributed by atoms with Crippen LogP contribution in [0.2, 0.25) is 5.28 Å². The van der Waals surface area contributed by atoms with Gasteiger partial charge in [-0.05, 0) is 42.8 Å². The van der Waals surface area contributed by atoms with Crippen LogP contribution in [0.1, 0.15) is 31.6 Å². The third-order valence-corrected chi connectivity index (χ3v) is 5.04. The third kappa shape index (κ3) is 2.56. The summed E-state index contributed by atoms with van der Waals surface area (Å²) < 4.78 is 0. The summed E-state index contributed by atoms with van der Waals surface area (Å²) in [5.74, 6) is 1.75. The van der Waals surface area contributed by atoms with Gasteiger partial charge >= 0.3 is 0 Å². The molecule has 0 saturated carbocycles. The van der Waals surface area contributed by atoms with E-state index in [1.165, 1.54) is 23.1 Å². The van der Waals surface area contributed by atoms with Gasteiger partial charge in [-0.2, -0.15) is 4.98 Å². The van der Waals surface area contributed by atoms with E-state index < -0.39 is 0 Å². The molecule has 0 aromatic carbocycles. The second-order valence-electron chi connectivity index (χ2n) is 5.29. The number of aryl methyl sites for hydroxylation is 1. The molecular formula is C14H18ClN3S. The Morgan fingerprint density at radius 3 is 3.05 bits per heavy atom. The molecule has 1 saturated heterocycles. The summed E-state index contributed by atoms with van der Waals surface area (Å²) in [5.41, 5.74) is 0. The molecule has 102 valence electrons. The van der Waals surface area contributed by atoms with Crippen molar-refractivity contribution in [3.63, 3.8) is 0 Å². The van der Waals surface area contributed by atoms with Crippen molar-refractivity contribution >= 4 is 39.0 Å². The first-order valence-corrected chi connectivity index (χ1v) is 8.07. The van der Waals surface area contributed by atoms with E-state index >= 15 is 0 Å². The molecule has 0 N–H and O–H groups in total. The highest BCUT2D eigenvalue weighted by atomic mass is 35.5. The Morgan fingerprint density at radius 2 is 2.32 bits per heavy atom. The third-order valence-electron chi connectivity index (χ3n) is 3.70. The van der Waals surface area contributed by atoms with Gasteiger partial charge in [-0.3, -0.25) is 0 Å². The molecule has 0 amide bonds. The summed E-state index contributed by atoms with van der Waals surface area (Å²) in [6.45, 7) is 6.61. The van der Waals surface area contributed by atoms with E-state index in [1.54, 1.807) is 11.3 Å². The van der Waals surface area contributed by atoms with Crippen LogP contribution in [0.25, 0.3) is 10.2 Å². The summed E-state index contributed by atoms with van der Waals surface area (Å²) in [5, 5.41) is 1.53. The standard InChI is InChI=1S/C14H18ClN3S/c1-3-10-7-11-12(16-14(15)17-13(11)19-10)18-6-4-5-9(2)8-18/h7,9H,3-6,8H2,1-2H3. The molecule has 2 aromatic rings. The van der Waals surface area contributed by atoms with Crippen LogP contribution < -0.4 is 4.90 Å². The number of anilines is 1. The Hall–Kier alpha value is -0.870. The summed E-state index contributed by atoms with van der Waals surface area (Å²) in [7, 11) is 0. The van der Waals surface area contributed by atoms with E-state index in [1.807, 2.05) is 0 Å². The maximum atomic E-state index is 6.09. The van der Waals surface area contributed by atoms with Gasteiger partial charge in [0.05, 0.1) is 5.39 Å². The summed E-state index contributed by atoms with van der Waals surface area (Å²) in [6.07, 6.45) is 3.58. The molecule has 0 aliphatic carbocycles. The zero-order valence-electron chi connectivity index (χ0n) is 11.3. The van der Waals surface area contributed by atoms with Crippen molar-refractivity contribution in [2.75, 3.05) is 18.0 Å². The summed E-state index contributed by atoms with van der Waals surface area (Å²) >= 11 is 7.82. The van der Waals surface area contributed by atoms with Crippen LogP contribution in [0.15, 0.2) is 6.07 Å². The first-order chi connectivity index (χ1) is 9.17. The van der Waals surface area contributed by atoms with Crippen molar-refractivity contribution in [1.29, 1.82) is 0 Å². The quantitative estimate of drug-likeness (QED) is 0.780. The van der Waals surface area contributed by atoms with E-state index in [-0.39, 0.29) is 0 Å². The zero-order valence-corrected chi connectivity index (χ0v) is 12.9. The first kappa shape index (κ1) is 13.1. The van der Waals surface area contributed by atoms with Crippen LogP contribution in [0.5, 0.6) is 0 Å². The van der Waals surface area contributed by atoms with Crippen LogP contribution in [-0.2, 0) is 6.42 Å². The number of thiophene rings is 1. The molecule has 3 rings (SSSR count). The molecular weight excluding hydrogens is 278 g/mol. The van der Waals surface area contributed by atoms with Gasteiger partial charge in [-0.1, -0.05) is 13.8 Å². The second-order valence-corrected chi connectivity index (χ2v) is 6.75. The van der Waals surface area contributed by atoms with Gasteiger partial charge in [0.25, 0.3) is 0 Å². The predicted molar refractivity (Wildman–Crippen MR) is 82.4 cm³/mol. The smallest absolute Gasteiger partial charge is 0.225 e. The molecule has 1 aliphatic heterocycles. The minimum absolute atomic E-state index is 0.366. The molecule has 0 bridgehead atoms. The van der Waals surface area contributed by atoms with Gasteiger partial charge in [0.1, 0.15) is 10.6 Å². The van der Waals surface area contributed by atoms with Crippen molar-refractivity contribution in [1.82, 2.24) is 9.97 Å². The van der Waals surface area contributed by atoms with Gasteiger partial charge < -0.3 is 4.90 Å². The minimum Gasteiger partial charge on any atom is -0.356 e. The highest BCUT2D eigenvalue weighted by Gasteiger charge is 2.21. The number of aromatic nitrogens is 2. The van der Waals surface area contributed by atoms with Gasteiger partial charge in [0.15, 0.2) is 0 Å². The lowest BCUT2D eigenvalue weighted by molar-refractivity contribution is 0.445. The van der Waals surface area contributed by atoms with Crippen molar-refractivity contribution < 1.29 is 0 Å². The SMILES string of the molecule is CCc1cc2c(N3CCCC(C)C3)nc(Cl)nc2s1. The van der Waals surface area contributed by atoms with E-state index in [0.29, 0.717) is 5.28 Å². The number of hydrogen-bond donors (Lipinski definition) is 0. The van der Waals surface area contributed by atoms with E-state index in [2.05, 4.69) is 34.8 Å². The lowest BCUT2D eigenvalue weighted by Gasteiger charge is -2.32.